The normalized spacial score (nSPS) is 22.5. The number of hydrogen-bond donors (Lipinski definition) is 1. The van der Waals surface area contributed by atoms with E-state index >= 15 is 0 Å². The summed E-state index contributed by atoms with van der Waals surface area (Å²) < 4.78 is 69.8. The summed E-state index contributed by atoms with van der Waals surface area (Å²) >= 11 is 12.2. The first-order chi connectivity index (χ1) is 19.7. The predicted octanol–water partition coefficient (Wildman–Crippen LogP) is 4.37. The summed E-state index contributed by atoms with van der Waals surface area (Å²) in [4.78, 5) is 32.8. The van der Waals surface area contributed by atoms with E-state index in [9.17, 15) is 36.4 Å². The first-order valence-electron chi connectivity index (χ1n) is 13.1. The van der Waals surface area contributed by atoms with Gasteiger partial charge >= 0.3 is 6.18 Å². The summed E-state index contributed by atoms with van der Waals surface area (Å²) in [5, 5.41) is 10.9. The maximum atomic E-state index is 14.2. The third kappa shape index (κ3) is 5.76. The maximum absolute atomic E-state index is 14.2. The first kappa shape index (κ1) is 30.4. The van der Waals surface area contributed by atoms with Crippen LogP contribution < -0.4 is 10.1 Å². The number of hydrogen-bond acceptors (Lipinski definition) is 7. The number of rotatable bonds is 8. The van der Waals surface area contributed by atoms with Crippen LogP contribution in [0.5, 0.6) is 5.75 Å². The number of alkyl halides is 3. The molecular weight excluding hydrogens is 620 g/mol. The minimum atomic E-state index is -4.60. The molecule has 3 fully saturated rings. The lowest BCUT2D eigenvalue weighted by Crippen LogP contribution is -2.56. The average molecular weight is 645 g/mol. The van der Waals surface area contributed by atoms with E-state index < -0.39 is 56.7 Å². The molecule has 0 radical (unpaired) electrons. The predicted molar refractivity (Wildman–Crippen MR) is 145 cm³/mol. The minimum absolute atomic E-state index is 0.270. The number of carbonyl (C=O) groups excluding carboxylic acids is 2. The molecule has 1 N–H and O–H groups in total. The van der Waals surface area contributed by atoms with Gasteiger partial charge in [0.25, 0.3) is 0 Å². The van der Waals surface area contributed by atoms with E-state index in [1.54, 1.807) is 12.1 Å². The van der Waals surface area contributed by atoms with E-state index in [0.717, 1.165) is 24.6 Å². The number of aromatic nitrogens is 1. The molecule has 2 saturated carbocycles. The van der Waals surface area contributed by atoms with Gasteiger partial charge in [-0.2, -0.15) is 18.4 Å². The van der Waals surface area contributed by atoms with Crippen LogP contribution in [-0.4, -0.2) is 66.3 Å². The number of nitrogens with zero attached hydrogens (tertiary/aromatic N) is 3. The van der Waals surface area contributed by atoms with Gasteiger partial charge in [-0.05, 0) is 56.4 Å². The van der Waals surface area contributed by atoms with Gasteiger partial charge in [-0.15, -0.1) is 0 Å². The van der Waals surface area contributed by atoms with Crippen LogP contribution in [0.1, 0.15) is 44.2 Å². The second-order valence-corrected chi connectivity index (χ2v) is 13.9. The molecule has 42 heavy (non-hydrogen) atoms. The number of benzene rings is 1. The number of nitriles is 1. The number of amides is 2. The molecule has 2 heterocycles. The molecule has 1 aliphatic heterocycles. The van der Waals surface area contributed by atoms with Crippen molar-refractivity contribution in [2.45, 2.75) is 71.8 Å². The van der Waals surface area contributed by atoms with Gasteiger partial charge in [0.05, 0.1) is 37.4 Å². The largest absolute Gasteiger partial charge is 0.484 e. The second-order valence-electron chi connectivity index (χ2n) is 10.9. The SMILES string of the molecule is N#CC1(NC(=O)[C@@H]2C[C@@H](S(=O)(=O)c3ccc(OCC(F)(F)F)cc3Cl)CN2C(=O)C2(c3ccc(Cl)cn3)CCC2)CC1. The second kappa shape index (κ2) is 10.9. The number of ether oxygens (including phenoxy) is 1. The summed E-state index contributed by atoms with van der Waals surface area (Å²) in [6, 6.07) is 7.18. The van der Waals surface area contributed by atoms with Crippen molar-refractivity contribution in [3.63, 3.8) is 0 Å². The molecule has 1 saturated heterocycles. The Kier molecular flexibility index (Phi) is 7.87. The molecule has 15 heteroatoms. The van der Waals surface area contributed by atoms with Crippen molar-refractivity contribution in [3.05, 3.63) is 52.3 Å². The maximum Gasteiger partial charge on any atom is 0.422 e. The Morgan fingerprint density at radius 1 is 1.17 bits per heavy atom. The summed E-state index contributed by atoms with van der Waals surface area (Å²) in [6.45, 7) is -1.92. The number of halogens is 5. The van der Waals surface area contributed by atoms with E-state index in [4.69, 9.17) is 23.2 Å². The molecule has 0 bridgehead atoms. The number of sulfone groups is 1. The third-order valence-electron chi connectivity index (χ3n) is 8.04. The van der Waals surface area contributed by atoms with E-state index in [1.165, 1.54) is 11.1 Å². The molecule has 2 amide bonds. The van der Waals surface area contributed by atoms with Crippen LogP contribution in [0.4, 0.5) is 13.2 Å². The van der Waals surface area contributed by atoms with Gasteiger partial charge in [-0.25, -0.2) is 8.42 Å². The molecule has 1 aromatic carbocycles. The van der Waals surface area contributed by atoms with Crippen LogP contribution >= 0.6 is 23.2 Å². The van der Waals surface area contributed by atoms with Gasteiger partial charge in [0.1, 0.15) is 17.3 Å². The van der Waals surface area contributed by atoms with Crippen molar-refractivity contribution in [2.24, 2.45) is 0 Å². The average Bonchev–Trinajstić information content (AvgIpc) is 3.52. The highest BCUT2D eigenvalue weighted by molar-refractivity contribution is 7.92. The molecular formula is C27H25Cl2F3N4O5S. The Balaban J connectivity index is 1.45. The number of pyridine rings is 1. The van der Waals surface area contributed by atoms with E-state index in [0.29, 0.717) is 36.4 Å². The highest BCUT2D eigenvalue weighted by Gasteiger charge is 2.56. The van der Waals surface area contributed by atoms with Crippen molar-refractivity contribution < 1.29 is 35.9 Å². The number of likely N-dealkylation sites (tertiary alicyclic amines) is 1. The first-order valence-corrected chi connectivity index (χ1v) is 15.4. The Bertz CT molecular complexity index is 1550. The molecule has 5 rings (SSSR count). The quantitative estimate of drug-likeness (QED) is 0.452. The highest BCUT2D eigenvalue weighted by Crippen LogP contribution is 2.46. The number of carbonyl (C=O) groups is 2. The fourth-order valence-electron chi connectivity index (χ4n) is 5.39. The van der Waals surface area contributed by atoms with Gasteiger partial charge in [0.15, 0.2) is 16.4 Å². The van der Waals surface area contributed by atoms with Gasteiger partial charge in [0.2, 0.25) is 11.8 Å². The lowest BCUT2D eigenvalue weighted by Gasteiger charge is -2.43. The van der Waals surface area contributed by atoms with Gasteiger partial charge in [0, 0.05) is 18.8 Å². The van der Waals surface area contributed by atoms with Crippen LogP contribution in [0.2, 0.25) is 10.0 Å². The fourth-order valence-corrected chi connectivity index (χ4v) is 7.74. The Morgan fingerprint density at radius 2 is 1.88 bits per heavy atom. The third-order valence-corrected chi connectivity index (χ3v) is 10.9. The zero-order valence-corrected chi connectivity index (χ0v) is 24.3. The smallest absolute Gasteiger partial charge is 0.422 e. The summed E-state index contributed by atoms with van der Waals surface area (Å²) in [6.07, 6.45) is -0.974. The fraction of sp³-hybridized carbons (Fsp3) is 0.481. The van der Waals surface area contributed by atoms with Gasteiger partial charge in [-0.1, -0.05) is 29.6 Å². The zero-order chi connectivity index (χ0) is 30.5. The van der Waals surface area contributed by atoms with Crippen molar-refractivity contribution in [2.75, 3.05) is 13.2 Å². The number of nitrogens with one attached hydrogen (secondary N) is 1. The molecule has 1 aromatic heterocycles. The topological polar surface area (TPSA) is 129 Å². The zero-order valence-electron chi connectivity index (χ0n) is 22.0. The van der Waals surface area contributed by atoms with Crippen LogP contribution in [0.15, 0.2) is 41.4 Å². The molecule has 2 aromatic rings. The van der Waals surface area contributed by atoms with Crippen LogP contribution in [0.3, 0.4) is 0 Å². The molecule has 0 spiro atoms. The van der Waals surface area contributed by atoms with Crippen molar-refractivity contribution >= 4 is 44.9 Å². The van der Waals surface area contributed by atoms with Crippen molar-refractivity contribution in [1.82, 2.24) is 15.2 Å². The van der Waals surface area contributed by atoms with Gasteiger partial charge in [-0.3, -0.25) is 14.6 Å². The lowest BCUT2D eigenvalue weighted by atomic mass is 9.65. The monoisotopic (exact) mass is 644 g/mol. The lowest BCUT2D eigenvalue weighted by molar-refractivity contribution is -0.153. The molecule has 2 aliphatic carbocycles. The highest BCUT2D eigenvalue weighted by atomic mass is 35.5. The molecule has 0 unspecified atom stereocenters. The van der Waals surface area contributed by atoms with E-state index in [-0.39, 0.29) is 28.6 Å². The summed E-state index contributed by atoms with van der Waals surface area (Å²) in [5.74, 6) is -1.36. The van der Waals surface area contributed by atoms with Crippen LogP contribution in [-0.2, 0) is 24.8 Å². The minimum Gasteiger partial charge on any atom is -0.484 e. The molecule has 224 valence electrons. The van der Waals surface area contributed by atoms with E-state index in [2.05, 4.69) is 21.1 Å². The van der Waals surface area contributed by atoms with Crippen LogP contribution in [0.25, 0.3) is 0 Å². The van der Waals surface area contributed by atoms with Crippen molar-refractivity contribution in [3.8, 4) is 11.8 Å². The molecule has 9 nitrogen and oxygen atoms in total. The standard InChI is InChI=1S/C27H25Cl2F3N4O5S/c28-16-2-5-22(34-12-16)26(6-1-7-26)24(38)36-13-18(11-20(36)23(37)35-25(14-33)8-9-25)42(39,40)21-4-3-17(10-19(21)29)41-15-27(30,31)32/h2-5,10,12,18,20H,1,6-9,11,13,15H2,(H,35,37)/t18-,20+/m1/s1. The Hall–Kier alpha value is -3.08. The van der Waals surface area contributed by atoms with Crippen molar-refractivity contribution in [1.29, 1.82) is 5.26 Å². The summed E-state index contributed by atoms with van der Waals surface area (Å²) in [5.41, 5.74) is -1.66. The Labute approximate surface area is 249 Å². The van der Waals surface area contributed by atoms with Gasteiger partial charge < -0.3 is 15.0 Å². The summed E-state index contributed by atoms with van der Waals surface area (Å²) in [7, 11) is -4.28. The Morgan fingerprint density at radius 3 is 2.40 bits per heavy atom. The van der Waals surface area contributed by atoms with E-state index in [1.807, 2.05) is 0 Å². The molecule has 3 aliphatic rings. The van der Waals surface area contributed by atoms with Crippen LogP contribution in [0, 0.1) is 11.3 Å². The molecule has 2 atom stereocenters.